The number of hydrogen-bond acceptors (Lipinski definition) is 2. The average Bonchev–Trinajstić information content (AvgIpc) is 3.12. The van der Waals surface area contributed by atoms with Crippen molar-refractivity contribution in [3.05, 3.63) is 78.8 Å². The van der Waals surface area contributed by atoms with Gasteiger partial charge in [0.1, 0.15) is 0 Å². The topological polar surface area (TPSA) is 23.4 Å². The summed E-state index contributed by atoms with van der Waals surface area (Å²) in [6.07, 6.45) is 6.10. The Labute approximate surface area is 173 Å². The van der Waals surface area contributed by atoms with Crippen molar-refractivity contribution in [2.24, 2.45) is 0 Å². The number of nitrogens with zero attached hydrogens (tertiary/aromatic N) is 1. The third kappa shape index (κ3) is 3.37. The first kappa shape index (κ1) is 19.7. The fourth-order valence-corrected chi connectivity index (χ4v) is 3.76. The van der Waals surface area contributed by atoms with Crippen LogP contribution >= 0.6 is 0 Å². The molecule has 0 N–H and O–H groups in total. The average molecular weight is 385 g/mol. The number of rotatable bonds is 4. The predicted octanol–water partition coefficient (Wildman–Crippen LogP) is 6.40. The van der Waals surface area contributed by atoms with E-state index in [2.05, 4.69) is 100 Å². The minimum atomic E-state index is -0.418. The largest absolute Gasteiger partial charge is 0.494 e. The van der Waals surface area contributed by atoms with Crippen LogP contribution in [0.25, 0.3) is 27.5 Å². The summed E-state index contributed by atoms with van der Waals surface area (Å²) < 4.78 is 14.4. The highest BCUT2D eigenvalue weighted by molar-refractivity contribution is 6.55. The molecule has 1 fully saturated rings. The quantitative estimate of drug-likeness (QED) is 0.383. The first-order valence-electron chi connectivity index (χ1n) is 10.1. The molecule has 1 saturated heterocycles. The summed E-state index contributed by atoms with van der Waals surface area (Å²) in [6.45, 7) is 14.5. The molecular formula is C25H28BNO2. The molecule has 0 saturated carbocycles. The van der Waals surface area contributed by atoms with Gasteiger partial charge in [0.25, 0.3) is 0 Å². The summed E-state index contributed by atoms with van der Waals surface area (Å²) >= 11 is 0. The van der Waals surface area contributed by atoms with E-state index >= 15 is 0 Å². The van der Waals surface area contributed by atoms with Gasteiger partial charge in [-0.25, -0.2) is 0 Å². The first-order valence-corrected chi connectivity index (χ1v) is 10.1. The number of hydrogen-bond donors (Lipinski definition) is 0. The minimum absolute atomic E-state index is 0.358. The lowest BCUT2D eigenvalue weighted by atomic mass is 9.79. The highest BCUT2D eigenvalue weighted by atomic mass is 16.7. The van der Waals surface area contributed by atoms with Crippen molar-refractivity contribution < 1.29 is 9.31 Å². The van der Waals surface area contributed by atoms with E-state index in [-0.39, 0.29) is 11.2 Å². The molecular weight excluding hydrogens is 357 g/mol. The van der Waals surface area contributed by atoms with Crippen LogP contribution in [0.3, 0.4) is 0 Å². The molecule has 29 heavy (non-hydrogen) atoms. The van der Waals surface area contributed by atoms with Crippen LogP contribution in [0.5, 0.6) is 0 Å². The van der Waals surface area contributed by atoms with E-state index in [4.69, 9.17) is 9.31 Å². The molecule has 0 atom stereocenters. The molecule has 0 unspecified atom stereocenters. The summed E-state index contributed by atoms with van der Waals surface area (Å²) in [5.74, 6) is 0. The van der Waals surface area contributed by atoms with Crippen LogP contribution in [-0.2, 0) is 9.31 Å². The molecule has 3 nitrogen and oxygen atoms in total. The number of benzene rings is 2. The Morgan fingerprint density at radius 2 is 1.38 bits per heavy atom. The molecule has 2 heterocycles. The van der Waals surface area contributed by atoms with Gasteiger partial charge >= 0.3 is 7.12 Å². The van der Waals surface area contributed by atoms with Crippen molar-refractivity contribution in [2.75, 3.05) is 0 Å². The summed E-state index contributed by atoms with van der Waals surface area (Å²) in [6, 6.07) is 17.0. The third-order valence-electron chi connectivity index (χ3n) is 6.14. The Morgan fingerprint density at radius 1 is 0.897 bits per heavy atom. The molecule has 3 aromatic rings. The maximum Gasteiger partial charge on any atom is 0.494 e. The van der Waals surface area contributed by atoms with E-state index in [1.54, 1.807) is 0 Å². The van der Waals surface area contributed by atoms with Crippen LogP contribution in [0.1, 0.15) is 34.6 Å². The maximum absolute atomic E-state index is 6.07. The lowest BCUT2D eigenvalue weighted by Gasteiger charge is -2.32. The van der Waals surface area contributed by atoms with Crippen molar-refractivity contribution in [3.63, 3.8) is 0 Å². The van der Waals surface area contributed by atoms with Crippen LogP contribution in [0.4, 0.5) is 0 Å². The Balaban J connectivity index is 1.62. The number of allylic oxidation sites excluding steroid dienone is 5. The molecule has 2 aromatic carbocycles. The summed E-state index contributed by atoms with van der Waals surface area (Å²) in [4.78, 5) is 0. The molecule has 4 heteroatoms. The number of fused-ring (bicyclic) bond motifs is 3. The highest BCUT2D eigenvalue weighted by Crippen LogP contribution is 2.38. The molecule has 0 bridgehead atoms. The van der Waals surface area contributed by atoms with Gasteiger partial charge in [-0.2, -0.15) is 0 Å². The number of para-hydroxylation sites is 2. The molecule has 1 aliphatic rings. The number of aromatic nitrogens is 1. The molecule has 0 spiro atoms. The van der Waals surface area contributed by atoms with E-state index in [0.29, 0.717) is 0 Å². The van der Waals surface area contributed by atoms with Crippen molar-refractivity contribution in [3.8, 4) is 0 Å². The predicted molar refractivity (Wildman–Crippen MR) is 124 cm³/mol. The van der Waals surface area contributed by atoms with Crippen LogP contribution in [0.2, 0.25) is 0 Å². The maximum atomic E-state index is 6.07. The molecule has 0 radical (unpaired) electrons. The zero-order valence-corrected chi connectivity index (χ0v) is 17.9. The normalized spacial score (nSPS) is 18.9. The summed E-state index contributed by atoms with van der Waals surface area (Å²) in [7, 11) is -0.418. The molecule has 148 valence electrons. The van der Waals surface area contributed by atoms with Crippen molar-refractivity contribution in [1.82, 2.24) is 4.57 Å². The first-order chi connectivity index (χ1) is 13.7. The second-order valence-electron chi connectivity index (χ2n) is 8.70. The molecule has 0 amide bonds. The summed E-state index contributed by atoms with van der Waals surface area (Å²) in [5, 5.41) is 2.53. The Morgan fingerprint density at radius 3 is 1.90 bits per heavy atom. The lowest BCUT2D eigenvalue weighted by Crippen LogP contribution is -2.41. The Kier molecular flexibility index (Phi) is 4.80. The molecule has 4 rings (SSSR count). The minimum Gasteiger partial charge on any atom is -0.399 e. The lowest BCUT2D eigenvalue weighted by molar-refractivity contribution is 0.00578. The van der Waals surface area contributed by atoms with Gasteiger partial charge in [-0.05, 0) is 58.3 Å². The fourth-order valence-electron chi connectivity index (χ4n) is 3.76. The van der Waals surface area contributed by atoms with Gasteiger partial charge in [-0.15, -0.1) is 0 Å². The second-order valence-corrected chi connectivity index (χ2v) is 8.70. The van der Waals surface area contributed by atoms with Crippen molar-refractivity contribution in [1.29, 1.82) is 0 Å². The van der Waals surface area contributed by atoms with Gasteiger partial charge in [0.05, 0.1) is 22.2 Å². The van der Waals surface area contributed by atoms with Crippen LogP contribution in [-0.4, -0.2) is 22.9 Å². The molecule has 1 aromatic heterocycles. The van der Waals surface area contributed by atoms with Crippen LogP contribution < -0.4 is 0 Å². The molecule has 0 aliphatic carbocycles. The SMILES string of the molecule is C=C(/C=C\C=C(/C)n1c2ccccc2c2ccccc21)B1OC(C)(C)C(C)(C)O1. The van der Waals surface area contributed by atoms with E-state index in [1.165, 1.54) is 21.8 Å². The zero-order valence-electron chi connectivity index (χ0n) is 17.9. The third-order valence-corrected chi connectivity index (χ3v) is 6.14. The monoisotopic (exact) mass is 385 g/mol. The van der Waals surface area contributed by atoms with Gasteiger partial charge in [-0.3, -0.25) is 0 Å². The van der Waals surface area contributed by atoms with Gasteiger partial charge in [0, 0.05) is 16.5 Å². The van der Waals surface area contributed by atoms with E-state index in [9.17, 15) is 0 Å². The highest BCUT2D eigenvalue weighted by Gasteiger charge is 2.51. The van der Waals surface area contributed by atoms with Gasteiger partial charge in [0.15, 0.2) is 0 Å². The fraction of sp³-hybridized carbons (Fsp3) is 0.280. The van der Waals surface area contributed by atoms with Crippen molar-refractivity contribution >= 4 is 34.6 Å². The van der Waals surface area contributed by atoms with Crippen LogP contribution in [0, 0.1) is 0 Å². The second kappa shape index (κ2) is 7.05. The van der Waals surface area contributed by atoms with Gasteiger partial charge < -0.3 is 13.9 Å². The zero-order chi connectivity index (χ0) is 20.8. The van der Waals surface area contributed by atoms with E-state index in [1.807, 2.05) is 12.2 Å². The van der Waals surface area contributed by atoms with E-state index < -0.39 is 7.12 Å². The Bertz CT molecular complexity index is 1080. The van der Waals surface area contributed by atoms with Crippen molar-refractivity contribution in [2.45, 2.75) is 45.8 Å². The van der Waals surface area contributed by atoms with Gasteiger partial charge in [-0.1, -0.05) is 55.1 Å². The standard InChI is InChI=1S/C25H28BNO2/c1-18(26-28-24(3,4)25(5,6)29-26)12-11-13-19(2)27-22-16-9-7-14-20(22)21-15-8-10-17-23(21)27/h7-17H,1H2,2-6H3/b12-11-,19-13+. The summed E-state index contributed by atoms with van der Waals surface area (Å²) in [5.41, 5.74) is 3.66. The Hall–Kier alpha value is -2.56. The van der Waals surface area contributed by atoms with Crippen LogP contribution in [0.15, 0.2) is 78.8 Å². The van der Waals surface area contributed by atoms with E-state index in [0.717, 1.165) is 11.2 Å². The van der Waals surface area contributed by atoms with Gasteiger partial charge in [0.2, 0.25) is 0 Å². The smallest absolute Gasteiger partial charge is 0.399 e. The molecule has 1 aliphatic heterocycles.